The number of ether oxygens (including phenoxy) is 1. The van der Waals surface area contributed by atoms with E-state index in [1.54, 1.807) is 0 Å². The highest BCUT2D eigenvalue weighted by Crippen LogP contribution is 1.99. The highest BCUT2D eigenvalue weighted by molar-refractivity contribution is 4.66. The third kappa shape index (κ3) is 7.20. The molecule has 1 fully saturated rings. The second kappa shape index (κ2) is 10.1. The Morgan fingerprint density at radius 2 is 1.69 bits per heavy atom. The number of unbranched alkanes of at least 4 members (excludes halogenated alkanes) is 3. The molecule has 0 bridgehead atoms. The zero-order chi connectivity index (χ0) is 11.5. The van der Waals surface area contributed by atoms with E-state index in [-0.39, 0.29) is 0 Å². The molecule has 0 aromatic rings. The number of piperazine rings is 1. The van der Waals surface area contributed by atoms with Gasteiger partial charge in [0.15, 0.2) is 0 Å². The van der Waals surface area contributed by atoms with Crippen molar-refractivity contribution in [3.63, 3.8) is 0 Å². The van der Waals surface area contributed by atoms with Gasteiger partial charge in [-0.1, -0.05) is 19.8 Å². The lowest BCUT2D eigenvalue weighted by molar-refractivity contribution is 0.122. The number of nitrogens with zero attached hydrogens (tertiary/aromatic N) is 1. The molecule has 96 valence electrons. The predicted molar refractivity (Wildman–Crippen MR) is 68.9 cm³/mol. The van der Waals surface area contributed by atoms with Gasteiger partial charge in [-0.2, -0.15) is 0 Å². The van der Waals surface area contributed by atoms with E-state index in [0.29, 0.717) is 0 Å². The van der Waals surface area contributed by atoms with Crippen LogP contribution in [0, 0.1) is 0 Å². The van der Waals surface area contributed by atoms with Crippen LogP contribution < -0.4 is 5.32 Å². The molecular weight excluding hydrogens is 200 g/mol. The molecule has 0 aromatic carbocycles. The lowest BCUT2D eigenvalue weighted by Crippen LogP contribution is -2.43. The molecule has 1 saturated heterocycles. The average molecular weight is 228 g/mol. The summed E-state index contributed by atoms with van der Waals surface area (Å²) < 4.78 is 5.59. The van der Waals surface area contributed by atoms with Crippen LogP contribution >= 0.6 is 0 Å². The Bertz CT molecular complexity index is 147. The van der Waals surface area contributed by atoms with Gasteiger partial charge in [-0.3, -0.25) is 0 Å². The fraction of sp³-hybridized carbons (Fsp3) is 1.00. The molecule has 0 aromatic heterocycles. The molecule has 0 radical (unpaired) electrons. The lowest BCUT2D eigenvalue weighted by atomic mass is 10.2. The molecule has 0 amide bonds. The van der Waals surface area contributed by atoms with Crippen molar-refractivity contribution in [1.82, 2.24) is 10.2 Å². The van der Waals surface area contributed by atoms with Gasteiger partial charge in [-0.25, -0.2) is 0 Å². The standard InChI is InChI=1S/C13H28N2O/c1-2-3-5-12-16-13-6-4-9-15-10-7-14-8-11-15/h14H,2-13H2,1H3. The van der Waals surface area contributed by atoms with Crippen LogP contribution in [0.3, 0.4) is 0 Å². The minimum atomic E-state index is 0.954. The quantitative estimate of drug-likeness (QED) is 0.610. The van der Waals surface area contributed by atoms with E-state index in [0.717, 1.165) is 26.3 Å². The second-order valence-electron chi connectivity index (χ2n) is 4.62. The number of hydrogen-bond acceptors (Lipinski definition) is 3. The molecule has 0 spiro atoms. The molecule has 3 nitrogen and oxygen atoms in total. The maximum absolute atomic E-state index is 5.59. The van der Waals surface area contributed by atoms with Crippen molar-refractivity contribution in [3.05, 3.63) is 0 Å². The van der Waals surface area contributed by atoms with E-state index in [9.17, 15) is 0 Å². The van der Waals surface area contributed by atoms with Crippen molar-refractivity contribution in [2.75, 3.05) is 45.9 Å². The summed E-state index contributed by atoms with van der Waals surface area (Å²) in [4.78, 5) is 2.55. The van der Waals surface area contributed by atoms with E-state index in [1.165, 1.54) is 51.7 Å². The van der Waals surface area contributed by atoms with Gasteiger partial charge in [0.05, 0.1) is 0 Å². The normalized spacial score (nSPS) is 17.8. The van der Waals surface area contributed by atoms with E-state index in [2.05, 4.69) is 17.1 Å². The van der Waals surface area contributed by atoms with Crippen molar-refractivity contribution in [1.29, 1.82) is 0 Å². The second-order valence-corrected chi connectivity index (χ2v) is 4.62. The first-order chi connectivity index (χ1) is 7.93. The lowest BCUT2D eigenvalue weighted by Gasteiger charge is -2.26. The van der Waals surface area contributed by atoms with Gasteiger partial charge in [0, 0.05) is 39.4 Å². The molecule has 1 heterocycles. The monoisotopic (exact) mass is 228 g/mol. The van der Waals surface area contributed by atoms with Crippen LogP contribution in [0.1, 0.15) is 39.0 Å². The zero-order valence-corrected chi connectivity index (χ0v) is 10.8. The maximum atomic E-state index is 5.59. The molecule has 1 aliphatic rings. The van der Waals surface area contributed by atoms with Crippen LogP contribution in [0.5, 0.6) is 0 Å². The Morgan fingerprint density at radius 1 is 1.00 bits per heavy atom. The van der Waals surface area contributed by atoms with Crippen molar-refractivity contribution < 1.29 is 4.74 Å². The molecule has 1 N–H and O–H groups in total. The average Bonchev–Trinajstić information content (AvgIpc) is 2.34. The summed E-state index contributed by atoms with van der Waals surface area (Å²) in [6, 6.07) is 0. The van der Waals surface area contributed by atoms with Crippen LogP contribution in [0.4, 0.5) is 0 Å². The molecule has 0 saturated carbocycles. The molecule has 3 heteroatoms. The number of hydrogen-bond donors (Lipinski definition) is 1. The highest BCUT2D eigenvalue weighted by Gasteiger charge is 2.07. The first-order valence-corrected chi connectivity index (χ1v) is 6.94. The Labute approximate surface area is 101 Å². The third-order valence-corrected chi connectivity index (χ3v) is 3.11. The fourth-order valence-electron chi connectivity index (χ4n) is 2.03. The van der Waals surface area contributed by atoms with Crippen LogP contribution in [-0.2, 0) is 4.74 Å². The molecule has 1 rings (SSSR count). The Balaban J connectivity index is 1.77. The van der Waals surface area contributed by atoms with E-state index in [1.807, 2.05) is 0 Å². The summed E-state index contributed by atoms with van der Waals surface area (Å²) >= 11 is 0. The van der Waals surface area contributed by atoms with Gasteiger partial charge in [-0.05, 0) is 25.8 Å². The van der Waals surface area contributed by atoms with Gasteiger partial charge < -0.3 is 15.0 Å². The van der Waals surface area contributed by atoms with Gasteiger partial charge >= 0.3 is 0 Å². The van der Waals surface area contributed by atoms with Crippen LogP contribution in [-0.4, -0.2) is 50.8 Å². The molecule has 16 heavy (non-hydrogen) atoms. The number of nitrogens with one attached hydrogen (secondary N) is 1. The molecule has 0 unspecified atom stereocenters. The summed E-state index contributed by atoms with van der Waals surface area (Å²) in [5, 5.41) is 3.38. The summed E-state index contributed by atoms with van der Waals surface area (Å²) in [5.74, 6) is 0. The van der Waals surface area contributed by atoms with E-state index >= 15 is 0 Å². The Kier molecular flexibility index (Phi) is 8.77. The first-order valence-electron chi connectivity index (χ1n) is 6.94. The highest BCUT2D eigenvalue weighted by atomic mass is 16.5. The van der Waals surface area contributed by atoms with Gasteiger partial charge in [0.2, 0.25) is 0 Å². The first kappa shape index (κ1) is 13.9. The SMILES string of the molecule is CCCCCOCCCCN1CCNCC1. The third-order valence-electron chi connectivity index (χ3n) is 3.11. The molecule has 0 aliphatic carbocycles. The zero-order valence-electron chi connectivity index (χ0n) is 10.8. The Morgan fingerprint density at radius 3 is 2.38 bits per heavy atom. The van der Waals surface area contributed by atoms with Crippen LogP contribution in [0.15, 0.2) is 0 Å². The summed E-state index contributed by atoms with van der Waals surface area (Å²) in [6.07, 6.45) is 6.32. The van der Waals surface area contributed by atoms with Crippen molar-refractivity contribution in [2.24, 2.45) is 0 Å². The van der Waals surface area contributed by atoms with E-state index < -0.39 is 0 Å². The fourth-order valence-corrected chi connectivity index (χ4v) is 2.03. The van der Waals surface area contributed by atoms with Crippen LogP contribution in [0.25, 0.3) is 0 Å². The van der Waals surface area contributed by atoms with Crippen molar-refractivity contribution in [2.45, 2.75) is 39.0 Å². The van der Waals surface area contributed by atoms with Gasteiger partial charge in [-0.15, -0.1) is 0 Å². The minimum Gasteiger partial charge on any atom is -0.381 e. The smallest absolute Gasteiger partial charge is 0.0466 e. The molecule has 0 atom stereocenters. The van der Waals surface area contributed by atoms with E-state index in [4.69, 9.17) is 4.74 Å². The maximum Gasteiger partial charge on any atom is 0.0466 e. The summed E-state index contributed by atoms with van der Waals surface area (Å²) in [7, 11) is 0. The predicted octanol–water partition coefficient (Wildman–Crippen LogP) is 1.88. The van der Waals surface area contributed by atoms with Gasteiger partial charge in [0.25, 0.3) is 0 Å². The van der Waals surface area contributed by atoms with Gasteiger partial charge in [0.1, 0.15) is 0 Å². The number of rotatable bonds is 9. The molecular formula is C13H28N2O. The van der Waals surface area contributed by atoms with Crippen LogP contribution in [0.2, 0.25) is 0 Å². The summed E-state index contributed by atoms with van der Waals surface area (Å²) in [5.41, 5.74) is 0. The Hall–Kier alpha value is -0.120. The van der Waals surface area contributed by atoms with Crippen molar-refractivity contribution >= 4 is 0 Å². The largest absolute Gasteiger partial charge is 0.381 e. The minimum absolute atomic E-state index is 0.954. The van der Waals surface area contributed by atoms with Crippen molar-refractivity contribution in [3.8, 4) is 0 Å². The topological polar surface area (TPSA) is 24.5 Å². The summed E-state index contributed by atoms with van der Waals surface area (Å²) in [6.45, 7) is 10.2. The molecule has 1 aliphatic heterocycles.